The number of benzene rings is 2. The average molecular weight is 335 g/mol. The Morgan fingerprint density at radius 2 is 1.70 bits per heavy atom. The lowest BCUT2D eigenvalue weighted by Gasteiger charge is -2.28. The number of aryl methyl sites for hydroxylation is 2. The van der Waals surface area contributed by atoms with Crippen molar-refractivity contribution in [3.05, 3.63) is 65.2 Å². The lowest BCUT2D eigenvalue weighted by molar-refractivity contribution is 0.118. The maximum absolute atomic E-state index is 10.6. The zero-order chi connectivity index (χ0) is 16.1. The summed E-state index contributed by atoms with van der Waals surface area (Å²) in [5.41, 5.74) is 4.60. The minimum Gasteiger partial charge on any atom is -0.389 e. The number of anilines is 1. The molecule has 0 aliphatic rings. The molecule has 3 nitrogen and oxygen atoms in total. The zero-order valence-corrected chi connectivity index (χ0v) is 15.1. The van der Waals surface area contributed by atoms with E-state index < -0.39 is 6.10 Å². The number of aliphatic hydroxyl groups is 1. The summed E-state index contributed by atoms with van der Waals surface area (Å²) < 4.78 is 0. The Morgan fingerprint density at radius 1 is 1.04 bits per heavy atom. The number of rotatable bonds is 6. The van der Waals surface area contributed by atoms with Gasteiger partial charge in [-0.3, -0.25) is 0 Å². The average Bonchev–Trinajstić information content (AvgIpc) is 2.46. The van der Waals surface area contributed by atoms with Crippen molar-refractivity contribution in [2.24, 2.45) is 0 Å². The van der Waals surface area contributed by atoms with Crippen LogP contribution in [0.5, 0.6) is 0 Å². The Balaban J connectivity index is 0.00000264. The van der Waals surface area contributed by atoms with Crippen molar-refractivity contribution >= 4 is 18.1 Å². The first-order chi connectivity index (χ1) is 10.5. The molecule has 0 saturated heterocycles. The number of aliphatic hydroxyl groups excluding tert-OH is 1. The SMILES string of the molecule is Cc1ccc(NC(c2ccccc2)C(O)CN(C)C)c(C)c1.Cl. The van der Waals surface area contributed by atoms with Gasteiger partial charge in [-0.15, -0.1) is 12.4 Å². The molecule has 0 aliphatic heterocycles. The predicted octanol–water partition coefficient (Wildman–Crippen LogP) is 3.80. The number of hydrogen-bond acceptors (Lipinski definition) is 3. The third-order valence-corrected chi connectivity index (χ3v) is 3.79. The van der Waals surface area contributed by atoms with E-state index in [2.05, 4.69) is 49.5 Å². The van der Waals surface area contributed by atoms with Gasteiger partial charge in [0.15, 0.2) is 0 Å². The van der Waals surface area contributed by atoms with Gasteiger partial charge >= 0.3 is 0 Å². The fourth-order valence-corrected chi connectivity index (χ4v) is 2.68. The summed E-state index contributed by atoms with van der Waals surface area (Å²) >= 11 is 0. The van der Waals surface area contributed by atoms with Crippen LogP contribution in [0.25, 0.3) is 0 Å². The van der Waals surface area contributed by atoms with E-state index in [-0.39, 0.29) is 18.4 Å². The Labute approximate surface area is 145 Å². The van der Waals surface area contributed by atoms with Crippen LogP contribution in [-0.4, -0.2) is 36.8 Å². The molecule has 2 aromatic carbocycles. The maximum Gasteiger partial charge on any atom is 0.0909 e. The lowest BCUT2D eigenvalue weighted by Crippen LogP contribution is -2.34. The van der Waals surface area contributed by atoms with E-state index in [0.29, 0.717) is 6.54 Å². The fraction of sp³-hybridized carbons (Fsp3) is 0.368. The molecule has 2 aromatic rings. The molecule has 4 heteroatoms. The molecule has 2 N–H and O–H groups in total. The molecule has 0 fully saturated rings. The second kappa shape index (κ2) is 8.92. The molecule has 2 unspecified atom stereocenters. The summed E-state index contributed by atoms with van der Waals surface area (Å²) in [6.07, 6.45) is -0.488. The van der Waals surface area contributed by atoms with Crippen LogP contribution in [0.4, 0.5) is 5.69 Å². The third kappa shape index (κ3) is 5.54. The van der Waals surface area contributed by atoms with E-state index in [9.17, 15) is 5.11 Å². The van der Waals surface area contributed by atoms with Crippen LogP contribution in [0.2, 0.25) is 0 Å². The van der Waals surface area contributed by atoms with E-state index in [1.807, 2.05) is 37.2 Å². The van der Waals surface area contributed by atoms with E-state index in [1.165, 1.54) is 11.1 Å². The van der Waals surface area contributed by atoms with E-state index >= 15 is 0 Å². The summed E-state index contributed by atoms with van der Waals surface area (Å²) in [5.74, 6) is 0. The molecule has 0 aliphatic carbocycles. The maximum atomic E-state index is 10.6. The van der Waals surface area contributed by atoms with E-state index in [0.717, 1.165) is 11.3 Å². The number of likely N-dealkylation sites (N-methyl/N-ethyl adjacent to an activating group) is 1. The molecule has 0 heterocycles. The Hall–Kier alpha value is -1.55. The van der Waals surface area contributed by atoms with Gasteiger partial charge in [0.2, 0.25) is 0 Å². The van der Waals surface area contributed by atoms with Crippen molar-refractivity contribution in [2.45, 2.75) is 26.0 Å². The smallest absolute Gasteiger partial charge is 0.0909 e. The first-order valence-electron chi connectivity index (χ1n) is 7.69. The summed E-state index contributed by atoms with van der Waals surface area (Å²) in [5, 5.41) is 14.2. The number of hydrogen-bond donors (Lipinski definition) is 2. The molecule has 0 saturated carbocycles. The van der Waals surface area contributed by atoms with Crippen LogP contribution in [0, 0.1) is 13.8 Å². The summed E-state index contributed by atoms with van der Waals surface area (Å²) in [7, 11) is 3.95. The van der Waals surface area contributed by atoms with Gasteiger partial charge in [0.1, 0.15) is 0 Å². The molecule has 2 atom stereocenters. The Kier molecular flexibility index (Phi) is 7.56. The molecule has 0 spiro atoms. The first-order valence-corrected chi connectivity index (χ1v) is 7.69. The van der Waals surface area contributed by atoms with Gasteiger partial charge in [-0.25, -0.2) is 0 Å². The van der Waals surface area contributed by atoms with Crippen LogP contribution in [0.3, 0.4) is 0 Å². The van der Waals surface area contributed by atoms with Crippen LogP contribution in [0.1, 0.15) is 22.7 Å². The van der Waals surface area contributed by atoms with Crippen molar-refractivity contribution in [1.82, 2.24) is 4.90 Å². The molecule has 2 rings (SSSR count). The highest BCUT2D eigenvalue weighted by atomic mass is 35.5. The molecular formula is C19H27ClN2O. The fourth-order valence-electron chi connectivity index (χ4n) is 2.68. The van der Waals surface area contributed by atoms with Crippen molar-refractivity contribution in [1.29, 1.82) is 0 Å². The van der Waals surface area contributed by atoms with Gasteiger partial charge in [-0.1, -0.05) is 48.0 Å². The van der Waals surface area contributed by atoms with E-state index in [4.69, 9.17) is 0 Å². The second-order valence-electron chi connectivity index (χ2n) is 6.18. The molecule has 23 heavy (non-hydrogen) atoms. The van der Waals surface area contributed by atoms with Crippen LogP contribution >= 0.6 is 12.4 Å². The molecule has 0 aromatic heterocycles. The highest BCUT2D eigenvalue weighted by Gasteiger charge is 2.22. The number of nitrogens with one attached hydrogen (secondary N) is 1. The van der Waals surface area contributed by atoms with Gasteiger partial charge in [0.05, 0.1) is 12.1 Å². The summed E-state index contributed by atoms with van der Waals surface area (Å²) in [4.78, 5) is 2.00. The molecule has 0 amide bonds. The minimum atomic E-state index is -0.488. The largest absolute Gasteiger partial charge is 0.389 e. The van der Waals surface area contributed by atoms with E-state index in [1.54, 1.807) is 0 Å². The third-order valence-electron chi connectivity index (χ3n) is 3.79. The topological polar surface area (TPSA) is 35.5 Å². The lowest BCUT2D eigenvalue weighted by atomic mass is 9.99. The zero-order valence-electron chi connectivity index (χ0n) is 14.3. The van der Waals surface area contributed by atoms with Gasteiger partial charge < -0.3 is 15.3 Å². The number of nitrogens with zero attached hydrogens (tertiary/aromatic N) is 1. The predicted molar refractivity (Wildman–Crippen MR) is 101 cm³/mol. The van der Waals surface area contributed by atoms with Gasteiger partial charge in [-0.05, 0) is 45.1 Å². The molecular weight excluding hydrogens is 308 g/mol. The highest BCUT2D eigenvalue weighted by Crippen LogP contribution is 2.26. The molecule has 0 radical (unpaired) electrons. The van der Waals surface area contributed by atoms with Crippen LogP contribution in [0.15, 0.2) is 48.5 Å². The van der Waals surface area contributed by atoms with Crippen molar-refractivity contribution in [3.8, 4) is 0 Å². The molecule has 126 valence electrons. The first kappa shape index (κ1) is 19.5. The van der Waals surface area contributed by atoms with Crippen LogP contribution < -0.4 is 5.32 Å². The molecule has 0 bridgehead atoms. The highest BCUT2D eigenvalue weighted by molar-refractivity contribution is 5.85. The van der Waals surface area contributed by atoms with Crippen molar-refractivity contribution < 1.29 is 5.11 Å². The normalized spacial score (nSPS) is 13.3. The summed E-state index contributed by atoms with van der Waals surface area (Å²) in [6.45, 7) is 4.79. The van der Waals surface area contributed by atoms with Crippen molar-refractivity contribution in [3.63, 3.8) is 0 Å². The van der Waals surface area contributed by atoms with Gasteiger partial charge in [0, 0.05) is 12.2 Å². The Bertz CT molecular complexity index is 602. The Morgan fingerprint density at radius 3 is 2.26 bits per heavy atom. The number of halogens is 1. The van der Waals surface area contributed by atoms with Gasteiger partial charge in [-0.2, -0.15) is 0 Å². The standard InChI is InChI=1S/C19H26N2O.ClH/c1-14-10-11-17(15(2)12-14)20-19(18(22)13-21(3)4)16-8-6-5-7-9-16;/h5-12,18-20,22H,13H2,1-4H3;1H. The quantitative estimate of drug-likeness (QED) is 0.843. The summed E-state index contributed by atoms with van der Waals surface area (Å²) in [6, 6.07) is 16.3. The van der Waals surface area contributed by atoms with Gasteiger partial charge in [0.25, 0.3) is 0 Å². The monoisotopic (exact) mass is 334 g/mol. The van der Waals surface area contributed by atoms with Crippen molar-refractivity contribution in [2.75, 3.05) is 26.0 Å². The second-order valence-corrected chi connectivity index (χ2v) is 6.18. The van der Waals surface area contributed by atoms with Crippen LogP contribution in [-0.2, 0) is 0 Å². The minimum absolute atomic E-state index is 0.